The smallest absolute Gasteiger partial charge is 0.303 e. The van der Waals surface area contributed by atoms with E-state index in [0.717, 1.165) is 4.90 Å². The number of amides is 5. The van der Waals surface area contributed by atoms with Gasteiger partial charge in [-0.15, -0.1) is 0 Å². The van der Waals surface area contributed by atoms with Crippen LogP contribution in [0, 0.1) is 23.7 Å². The molecule has 3 heterocycles. The Hall–Kier alpha value is -6.35. The maximum atomic E-state index is 14.7. The van der Waals surface area contributed by atoms with Crippen LogP contribution in [0.3, 0.4) is 0 Å². The zero-order valence-electron chi connectivity index (χ0n) is 63.1. The van der Waals surface area contributed by atoms with E-state index in [1.165, 1.54) is 41.5 Å². The number of nitrogens with zero attached hydrogens (tertiary/aromatic N) is 1. The van der Waals surface area contributed by atoms with Crippen LogP contribution in [0.25, 0.3) is 0 Å². The van der Waals surface area contributed by atoms with Gasteiger partial charge in [0.15, 0.2) is 37.2 Å². The lowest BCUT2D eigenvalue weighted by Gasteiger charge is -2.43. The third kappa shape index (κ3) is 34.2. The molecule has 0 aromatic heterocycles. The van der Waals surface area contributed by atoms with Gasteiger partial charge in [0.1, 0.15) is 55.8 Å². The molecule has 602 valence electrons. The summed E-state index contributed by atoms with van der Waals surface area (Å²) in [4.78, 5) is 142. The number of ether oxygens (including phenoxy) is 18. The lowest BCUT2D eigenvalue weighted by Crippen LogP contribution is -2.57. The van der Waals surface area contributed by atoms with Crippen molar-refractivity contribution in [1.82, 2.24) is 26.2 Å². The molecule has 1 aliphatic carbocycles. The van der Waals surface area contributed by atoms with E-state index in [-0.39, 0.29) is 132 Å². The van der Waals surface area contributed by atoms with Crippen molar-refractivity contribution in [2.24, 2.45) is 23.7 Å². The molecule has 0 spiro atoms. The molecule has 1 saturated carbocycles. The zero-order valence-corrected chi connectivity index (χ0v) is 63.1. The number of hydrogen-bond donors (Lipinski definition) is 5. The van der Waals surface area contributed by atoms with Crippen molar-refractivity contribution in [3.05, 3.63) is 0 Å². The summed E-state index contributed by atoms with van der Waals surface area (Å²) in [6, 6.07) is -1.38. The standard InChI is InChI=1S/C70H117N5O30/c1-13-54-63(100-48(10)79)60(97-45(7)76)42(4)68(103-54)94-37-34-91-31-28-88-25-22-71-57(83)21-20-53(74-66(86)51-16-18-52(82)19-17-51)67(87)75(40-58(84)72-23-26-89-29-32-92-35-38-95-69-43(5)61(98-46(8)77)64(101-49(11)80)55(14-2)104-69)41-59(85)73-24-27-90-30-33-93-36-39-96-70-44(6)62(99-47(9)78)65(102-50(12)81)56(15-3)105-70/h42-44,51-56,60-65,68-70,82H,13-41H2,1-12H3,(H,71,83)(H,72,84)(H,73,85)(H,74,86). The summed E-state index contributed by atoms with van der Waals surface area (Å²) in [5, 5.41) is 21.1. The molecule has 35 nitrogen and oxygen atoms in total. The molecule has 0 aromatic rings. The SMILES string of the molecule is CCC1OC(OCCOCCOCCNC(=O)CCC(NC(=O)C2CCC(O)CC2)C(=O)N(CC(=O)NCCOCCOCCOC2OC(CC)C(OC(C)=O)C(OC(C)=O)C2C)CC(=O)NCCOCCOCCOC2OC(CC)C(OC(C)=O)C(OC(C)=O)C2C)C(C)C(OC(C)=O)C1OC(C)=O. The van der Waals surface area contributed by atoms with Crippen LogP contribution in [0.1, 0.15) is 141 Å². The molecule has 3 aliphatic heterocycles. The van der Waals surface area contributed by atoms with Crippen LogP contribution in [-0.2, 0) is 138 Å². The fraction of sp³-hybridized carbons (Fsp3) is 0.843. The van der Waals surface area contributed by atoms with E-state index in [1.54, 1.807) is 20.8 Å². The molecular weight excluding hydrogens is 1390 g/mol. The van der Waals surface area contributed by atoms with Gasteiger partial charge in [-0.2, -0.15) is 0 Å². The number of carbonyl (C=O) groups is 11. The second kappa shape index (κ2) is 50.3. The Bertz CT molecular complexity index is 2560. The first-order valence-electron chi connectivity index (χ1n) is 36.6. The summed E-state index contributed by atoms with van der Waals surface area (Å²) in [5.41, 5.74) is 0. The molecule has 4 aliphatic rings. The van der Waals surface area contributed by atoms with E-state index in [9.17, 15) is 57.8 Å². The number of aliphatic hydroxyl groups is 1. The Balaban J connectivity index is 1.29. The highest BCUT2D eigenvalue weighted by Crippen LogP contribution is 2.36. The Morgan fingerprint density at radius 2 is 0.686 bits per heavy atom. The fourth-order valence-corrected chi connectivity index (χ4v) is 12.3. The predicted octanol–water partition coefficient (Wildman–Crippen LogP) is 1.03. The van der Waals surface area contributed by atoms with Crippen molar-refractivity contribution in [2.45, 2.75) is 227 Å². The lowest BCUT2D eigenvalue weighted by molar-refractivity contribution is -0.285. The Kier molecular flexibility index (Phi) is 43.6. The third-order valence-electron chi connectivity index (χ3n) is 17.5. The van der Waals surface area contributed by atoms with Gasteiger partial charge in [-0.3, -0.25) is 52.7 Å². The molecule has 4 fully saturated rings. The summed E-state index contributed by atoms with van der Waals surface area (Å²) in [7, 11) is 0. The van der Waals surface area contributed by atoms with Gasteiger partial charge in [0.25, 0.3) is 0 Å². The number of carbonyl (C=O) groups excluding carboxylic acids is 11. The topological polar surface area (TPSA) is 426 Å². The maximum absolute atomic E-state index is 14.7. The predicted molar refractivity (Wildman–Crippen MR) is 365 cm³/mol. The lowest BCUT2D eigenvalue weighted by atomic mass is 9.86. The van der Waals surface area contributed by atoms with Gasteiger partial charge in [-0.05, 0) is 51.4 Å². The molecule has 0 aromatic carbocycles. The van der Waals surface area contributed by atoms with Gasteiger partial charge in [0.2, 0.25) is 29.5 Å². The van der Waals surface area contributed by atoms with Gasteiger partial charge < -0.3 is 117 Å². The van der Waals surface area contributed by atoms with Crippen LogP contribution in [0.15, 0.2) is 0 Å². The first kappa shape index (κ1) is 91.0. The number of nitrogens with one attached hydrogen (secondary N) is 4. The highest BCUT2D eigenvalue weighted by molar-refractivity contribution is 5.94. The molecule has 3 saturated heterocycles. The van der Waals surface area contributed by atoms with Crippen molar-refractivity contribution < 1.29 is 143 Å². The molecule has 16 unspecified atom stereocenters. The van der Waals surface area contributed by atoms with Crippen LogP contribution in [0.5, 0.6) is 0 Å². The van der Waals surface area contributed by atoms with E-state index in [2.05, 4.69) is 21.3 Å². The number of esters is 6. The van der Waals surface area contributed by atoms with Gasteiger partial charge in [-0.1, -0.05) is 41.5 Å². The molecule has 35 heteroatoms. The van der Waals surface area contributed by atoms with E-state index in [1.807, 2.05) is 20.8 Å². The average molecular weight is 1510 g/mol. The summed E-state index contributed by atoms with van der Waals surface area (Å²) in [6.07, 6.45) is -7.19. The Morgan fingerprint density at radius 3 is 0.990 bits per heavy atom. The van der Waals surface area contributed by atoms with Crippen molar-refractivity contribution >= 4 is 65.4 Å². The normalized spacial score (nSPS) is 26.9. The van der Waals surface area contributed by atoms with Crippen molar-refractivity contribution in [3.63, 3.8) is 0 Å². The Morgan fingerprint density at radius 1 is 0.400 bits per heavy atom. The van der Waals surface area contributed by atoms with Crippen molar-refractivity contribution in [1.29, 1.82) is 0 Å². The molecule has 0 bridgehead atoms. The minimum atomic E-state index is -1.38. The molecule has 5 amide bonds. The number of aliphatic hydroxyl groups excluding tert-OH is 1. The minimum Gasteiger partial charge on any atom is -0.458 e. The molecule has 4 rings (SSSR count). The van der Waals surface area contributed by atoms with Gasteiger partial charge in [0, 0.05) is 91.3 Å². The molecule has 105 heavy (non-hydrogen) atoms. The van der Waals surface area contributed by atoms with Gasteiger partial charge in [-0.25, -0.2) is 0 Å². The number of rotatable bonds is 49. The second-order valence-corrected chi connectivity index (χ2v) is 26.0. The van der Waals surface area contributed by atoms with Gasteiger partial charge >= 0.3 is 35.8 Å². The van der Waals surface area contributed by atoms with E-state index in [4.69, 9.17) is 85.3 Å². The van der Waals surface area contributed by atoms with E-state index in [0.29, 0.717) is 44.9 Å². The first-order chi connectivity index (χ1) is 50.2. The second-order valence-electron chi connectivity index (χ2n) is 26.0. The molecular formula is C70H117N5O30. The Labute approximate surface area is 614 Å². The molecule has 0 radical (unpaired) electrons. The van der Waals surface area contributed by atoms with Crippen LogP contribution in [0.2, 0.25) is 0 Å². The largest absolute Gasteiger partial charge is 0.458 e. The summed E-state index contributed by atoms with van der Waals surface area (Å²) in [5.74, 6) is -8.37. The highest BCUT2D eigenvalue weighted by atomic mass is 16.7. The van der Waals surface area contributed by atoms with Gasteiger partial charge in [0.05, 0.1) is 105 Å². The van der Waals surface area contributed by atoms with Crippen LogP contribution in [0.4, 0.5) is 0 Å². The zero-order chi connectivity index (χ0) is 77.4. The summed E-state index contributed by atoms with van der Waals surface area (Å²) in [6.45, 7) is 19.0. The first-order valence-corrected chi connectivity index (χ1v) is 36.6. The summed E-state index contributed by atoms with van der Waals surface area (Å²) < 4.78 is 103. The third-order valence-corrected chi connectivity index (χ3v) is 17.5. The fourth-order valence-electron chi connectivity index (χ4n) is 12.3. The molecule has 16 atom stereocenters. The van der Waals surface area contributed by atoms with E-state index >= 15 is 0 Å². The van der Waals surface area contributed by atoms with Crippen LogP contribution >= 0.6 is 0 Å². The minimum absolute atomic E-state index is 0.0125. The van der Waals surface area contributed by atoms with E-state index < -0.39 is 188 Å². The average Bonchev–Trinajstić information content (AvgIpc) is 0.813. The monoisotopic (exact) mass is 1510 g/mol. The molecule has 5 N–H and O–H groups in total. The van der Waals surface area contributed by atoms with Crippen molar-refractivity contribution in [2.75, 3.05) is 132 Å². The van der Waals surface area contributed by atoms with Crippen molar-refractivity contribution in [3.8, 4) is 0 Å². The van der Waals surface area contributed by atoms with Crippen LogP contribution < -0.4 is 21.3 Å². The summed E-state index contributed by atoms with van der Waals surface area (Å²) >= 11 is 0. The number of hydrogen-bond acceptors (Lipinski definition) is 30. The van der Waals surface area contributed by atoms with Crippen LogP contribution in [-0.4, -0.2) is 293 Å². The quantitative estimate of drug-likeness (QED) is 0.0323. The maximum Gasteiger partial charge on any atom is 0.303 e. The highest BCUT2D eigenvalue weighted by Gasteiger charge is 2.50.